The van der Waals surface area contributed by atoms with Crippen molar-refractivity contribution in [2.24, 2.45) is 11.7 Å². The molecule has 0 aliphatic rings. The van der Waals surface area contributed by atoms with Gasteiger partial charge in [0, 0.05) is 11.6 Å². The number of carbonyl (C=O) groups excluding carboxylic acids is 1. The largest absolute Gasteiger partial charge is 0.494 e. The zero-order chi connectivity index (χ0) is 18.2. The summed E-state index contributed by atoms with van der Waals surface area (Å²) in [7, 11) is 0. The van der Waals surface area contributed by atoms with Crippen molar-refractivity contribution in [2.75, 3.05) is 6.61 Å². The first-order chi connectivity index (χ1) is 12.1. The van der Waals surface area contributed by atoms with Crippen molar-refractivity contribution in [3.8, 4) is 5.75 Å². The quantitative estimate of drug-likeness (QED) is 0.764. The Morgan fingerprint density at radius 1 is 1.08 bits per heavy atom. The van der Waals surface area contributed by atoms with E-state index in [9.17, 15) is 4.79 Å². The van der Waals surface area contributed by atoms with Crippen LogP contribution in [0.2, 0.25) is 0 Å². The summed E-state index contributed by atoms with van der Waals surface area (Å²) in [6.07, 6.45) is 0.781. The highest BCUT2D eigenvalue weighted by molar-refractivity contribution is 5.79. The molecule has 3 N–H and O–H groups in total. The third-order valence-corrected chi connectivity index (χ3v) is 4.46. The fraction of sp³-hybridized carbons (Fsp3) is 0.381. The van der Waals surface area contributed by atoms with Gasteiger partial charge in [0.05, 0.1) is 18.6 Å². The number of nitrogens with one attached hydrogen (secondary N) is 1. The highest BCUT2D eigenvalue weighted by Crippen LogP contribution is 2.28. The maximum absolute atomic E-state index is 12.7. The third kappa shape index (κ3) is 4.83. The summed E-state index contributed by atoms with van der Waals surface area (Å²) < 4.78 is 5.70. The summed E-state index contributed by atoms with van der Waals surface area (Å²) in [6, 6.07) is 17.1. The fourth-order valence-electron chi connectivity index (χ4n) is 2.89. The van der Waals surface area contributed by atoms with E-state index in [-0.39, 0.29) is 23.9 Å². The molecular formula is C21H28N2O2. The summed E-state index contributed by atoms with van der Waals surface area (Å²) in [6.45, 7) is 6.47. The van der Waals surface area contributed by atoms with E-state index >= 15 is 0 Å². The lowest BCUT2D eigenvalue weighted by Crippen LogP contribution is -2.37. The number of benzene rings is 2. The van der Waals surface area contributed by atoms with E-state index in [2.05, 4.69) is 12.2 Å². The Morgan fingerprint density at radius 2 is 1.72 bits per heavy atom. The maximum Gasteiger partial charge on any atom is 0.225 e. The van der Waals surface area contributed by atoms with Gasteiger partial charge < -0.3 is 15.8 Å². The molecule has 0 fully saturated rings. The fourth-order valence-corrected chi connectivity index (χ4v) is 2.89. The van der Waals surface area contributed by atoms with Crippen LogP contribution in [0.4, 0.5) is 0 Å². The van der Waals surface area contributed by atoms with Gasteiger partial charge in [-0.1, -0.05) is 62.4 Å². The molecule has 2 rings (SSSR count). The number of carbonyl (C=O) groups is 1. The molecule has 0 spiro atoms. The minimum absolute atomic E-state index is 0.0468. The number of rotatable bonds is 8. The van der Waals surface area contributed by atoms with Crippen LogP contribution < -0.4 is 15.8 Å². The second-order valence-corrected chi connectivity index (χ2v) is 6.17. The van der Waals surface area contributed by atoms with E-state index in [1.165, 1.54) is 0 Å². The van der Waals surface area contributed by atoms with Gasteiger partial charge in [0.2, 0.25) is 5.91 Å². The van der Waals surface area contributed by atoms with E-state index in [1.54, 1.807) is 0 Å². The van der Waals surface area contributed by atoms with Gasteiger partial charge in [-0.25, -0.2) is 0 Å². The van der Waals surface area contributed by atoms with Crippen molar-refractivity contribution in [3.63, 3.8) is 0 Å². The Labute approximate surface area is 150 Å². The Morgan fingerprint density at radius 3 is 2.36 bits per heavy atom. The Hall–Kier alpha value is -2.33. The number of amides is 1. The minimum atomic E-state index is -0.333. The lowest BCUT2D eigenvalue weighted by Gasteiger charge is -2.25. The lowest BCUT2D eigenvalue weighted by atomic mass is 9.93. The molecule has 4 heteroatoms. The lowest BCUT2D eigenvalue weighted by molar-refractivity contribution is -0.126. The number of para-hydroxylation sites is 1. The zero-order valence-electron chi connectivity index (χ0n) is 15.2. The Bertz CT molecular complexity index is 673. The van der Waals surface area contributed by atoms with Crippen LogP contribution in [0.25, 0.3) is 0 Å². The predicted octanol–water partition coefficient (Wildman–Crippen LogP) is 3.99. The predicted molar refractivity (Wildman–Crippen MR) is 101 cm³/mol. The average Bonchev–Trinajstić information content (AvgIpc) is 2.66. The number of hydrogen-bond donors (Lipinski definition) is 2. The van der Waals surface area contributed by atoms with Crippen molar-refractivity contribution in [1.29, 1.82) is 0 Å². The normalized spacial score (nSPS) is 14.4. The first kappa shape index (κ1) is 19.0. The summed E-state index contributed by atoms with van der Waals surface area (Å²) >= 11 is 0. The number of nitrogens with two attached hydrogens (primary N) is 1. The molecule has 134 valence electrons. The van der Waals surface area contributed by atoms with Gasteiger partial charge in [-0.3, -0.25) is 4.79 Å². The molecule has 0 aliphatic heterocycles. The molecule has 0 heterocycles. The SMILES string of the molecule is CCOc1ccccc1C(CC)NC(=O)C(C)C(N)c1ccccc1. The first-order valence-electron chi connectivity index (χ1n) is 8.91. The average molecular weight is 340 g/mol. The van der Waals surface area contributed by atoms with Gasteiger partial charge in [0.1, 0.15) is 5.75 Å². The third-order valence-electron chi connectivity index (χ3n) is 4.46. The van der Waals surface area contributed by atoms with Gasteiger partial charge in [0.25, 0.3) is 0 Å². The Kier molecular flexibility index (Phi) is 7.02. The van der Waals surface area contributed by atoms with E-state index in [0.29, 0.717) is 6.61 Å². The van der Waals surface area contributed by atoms with Gasteiger partial charge in [-0.05, 0) is 25.0 Å². The molecule has 0 aromatic heterocycles. The standard InChI is InChI=1S/C21H28N2O2/c1-4-18(17-13-9-10-14-19(17)25-5-2)23-21(24)15(3)20(22)16-11-7-6-8-12-16/h6-15,18,20H,4-5,22H2,1-3H3,(H,23,24). The van der Waals surface area contributed by atoms with Crippen LogP contribution in [0.1, 0.15) is 50.4 Å². The maximum atomic E-state index is 12.7. The van der Waals surface area contributed by atoms with Crippen LogP contribution in [-0.2, 0) is 4.79 Å². The first-order valence-corrected chi connectivity index (χ1v) is 8.91. The highest BCUT2D eigenvalue weighted by atomic mass is 16.5. The van der Waals surface area contributed by atoms with Crippen molar-refractivity contribution >= 4 is 5.91 Å². The van der Waals surface area contributed by atoms with Crippen LogP contribution in [0, 0.1) is 5.92 Å². The molecule has 2 aromatic carbocycles. The zero-order valence-corrected chi connectivity index (χ0v) is 15.2. The van der Waals surface area contributed by atoms with E-state index in [4.69, 9.17) is 10.5 Å². The van der Waals surface area contributed by atoms with Crippen LogP contribution in [-0.4, -0.2) is 12.5 Å². The molecule has 3 unspecified atom stereocenters. The van der Waals surface area contributed by atoms with Crippen molar-refractivity contribution in [2.45, 2.75) is 39.3 Å². The molecule has 2 aromatic rings. The molecular weight excluding hydrogens is 312 g/mol. The second-order valence-electron chi connectivity index (χ2n) is 6.17. The number of hydrogen-bond acceptors (Lipinski definition) is 3. The van der Waals surface area contributed by atoms with E-state index in [1.807, 2.05) is 68.4 Å². The Balaban J connectivity index is 2.12. The second kappa shape index (κ2) is 9.23. The molecule has 0 saturated carbocycles. The minimum Gasteiger partial charge on any atom is -0.494 e. The summed E-state index contributed by atoms with van der Waals surface area (Å²) in [5.74, 6) is 0.447. The van der Waals surface area contributed by atoms with Crippen molar-refractivity contribution in [1.82, 2.24) is 5.32 Å². The molecule has 3 atom stereocenters. The van der Waals surface area contributed by atoms with Gasteiger partial charge in [-0.15, -0.1) is 0 Å². The van der Waals surface area contributed by atoms with Crippen LogP contribution in [0.15, 0.2) is 54.6 Å². The molecule has 4 nitrogen and oxygen atoms in total. The van der Waals surface area contributed by atoms with Crippen LogP contribution in [0.5, 0.6) is 5.75 Å². The van der Waals surface area contributed by atoms with Crippen molar-refractivity contribution in [3.05, 3.63) is 65.7 Å². The van der Waals surface area contributed by atoms with Crippen molar-refractivity contribution < 1.29 is 9.53 Å². The summed E-state index contributed by atoms with van der Waals surface area (Å²) in [4.78, 5) is 12.7. The molecule has 0 bridgehead atoms. The van der Waals surface area contributed by atoms with Gasteiger partial charge in [-0.2, -0.15) is 0 Å². The summed E-state index contributed by atoms with van der Waals surface area (Å²) in [5, 5.41) is 3.13. The van der Waals surface area contributed by atoms with Crippen LogP contribution in [0.3, 0.4) is 0 Å². The monoisotopic (exact) mass is 340 g/mol. The molecule has 0 aliphatic carbocycles. The molecule has 1 amide bonds. The smallest absolute Gasteiger partial charge is 0.225 e. The van der Waals surface area contributed by atoms with Crippen LogP contribution >= 0.6 is 0 Å². The molecule has 25 heavy (non-hydrogen) atoms. The molecule has 0 radical (unpaired) electrons. The number of ether oxygens (including phenoxy) is 1. The van der Waals surface area contributed by atoms with Gasteiger partial charge >= 0.3 is 0 Å². The van der Waals surface area contributed by atoms with E-state index < -0.39 is 0 Å². The van der Waals surface area contributed by atoms with Gasteiger partial charge in [0.15, 0.2) is 0 Å². The molecule has 0 saturated heterocycles. The van der Waals surface area contributed by atoms with E-state index in [0.717, 1.165) is 23.3 Å². The topological polar surface area (TPSA) is 64.3 Å². The summed E-state index contributed by atoms with van der Waals surface area (Å²) in [5.41, 5.74) is 8.25. The highest BCUT2D eigenvalue weighted by Gasteiger charge is 2.25.